The molecule has 1 N–H and O–H groups in total. The lowest BCUT2D eigenvalue weighted by molar-refractivity contribution is 0.0748. The molecule has 0 unspecified atom stereocenters. The lowest BCUT2D eigenvalue weighted by Gasteiger charge is -2.21. The lowest BCUT2D eigenvalue weighted by atomic mass is 10.2. The van der Waals surface area contributed by atoms with Gasteiger partial charge >= 0.3 is 0 Å². The molecule has 1 aromatic heterocycles. The van der Waals surface area contributed by atoms with E-state index < -0.39 is 0 Å². The van der Waals surface area contributed by atoms with Crippen molar-refractivity contribution >= 4 is 17.2 Å². The Morgan fingerprint density at radius 2 is 2.35 bits per heavy atom. The molecular weight excluding hydrogens is 270 g/mol. The Balaban J connectivity index is 2.01. The van der Waals surface area contributed by atoms with Crippen LogP contribution in [0.4, 0.5) is 0 Å². The molecule has 3 nitrogen and oxygen atoms in total. The second kappa shape index (κ2) is 7.47. The molecule has 2 rings (SSSR count). The van der Waals surface area contributed by atoms with Crippen LogP contribution in [-0.2, 0) is 0 Å². The van der Waals surface area contributed by atoms with Crippen molar-refractivity contribution in [2.24, 2.45) is 5.92 Å². The Bertz CT molecular complexity index is 508. The Labute approximate surface area is 124 Å². The molecule has 0 aromatic carbocycles. The van der Waals surface area contributed by atoms with Crippen LogP contribution in [0.2, 0.25) is 0 Å². The maximum absolute atomic E-state index is 12.5. The van der Waals surface area contributed by atoms with Gasteiger partial charge in [-0.3, -0.25) is 4.79 Å². The number of aliphatic hydroxyl groups excluding tert-OH is 1. The standard InChI is InChI=1S/C16H21NO2S/c1-2-8-17(11-13-6-7-13)16(19)14-10-15(20-12-14)5-3-4-9-18/h10,12-13,18H,2,4,6-9,11H2,1H3. The second-order valence-electron chi connectivity index (χ2n) is 5.17. The highest BCUT2D eigenvalue weighted by Crippen LogP contribution is 2.30. The average molecular weight is 291 g/mol. The molecule has 1 aliphatic carbocycles. The van der Waals surface area contributed by atoms with Gasteiger partial charge in [0.15, 0.2) is 0 Å². The molecule has 1 aromatic rings. The minimum absolute atomic E-state index is 0.0792. The van der Waals surface area contributed by atoms with E-state index in [2.05, 4.69) is 18.8 Å². The van der Waals surface area contributed by atoms with Gasteiger partial charge in [0, 0.05) is 24.9 Å². The molecule has 108 valence electrons. The summed E-state index contributed by atoms with van der Waals surface area (Å²) in [4.78, 5) is 15.4. The maximum Gasteiger partial charge on any atom is 0.254 e. The summed E-state index contributed by atoms with van der Waals surface area (Å²) in [7, 11) is 0. The summed E-state index contributed by atoms with van der Waals surface area (Å²) in [5.41, 5.74) is 0.748. The smallest absolute Gasteiger partial charge is 0.254 e. The Morgan fingerprint density at radius 3 is 3.00 bits per heavy atom. The summed E-state index contributed by atoms with van der Waals surface area (Å²) in [6.07, 6.45) is 3.99. The monoisotopic (exact) mass is 291 g/mol. The van der Waals surface area contributed by atoms with Gasteiger partial charge in [0.05, 0.1) is 17.0 Å². The Hall–Kier alpha value is -1.31. The van der Waals surface area contributed by atoms with Crippen LogP contribution < -0.4 is 0 Å². The van der Waals surface area contributed by atoms with Gasteiger partial charge < -0.3 is 10.0 Å². The van der Waals surface area contributed by atoms with Crippen molar-refractivity contribution in [3.05, 3.63) is 21.9 Å². The van der Waals surface area contributed by atoms with E-state index in [1.807, 2.05) is 16.3 Å². The van der Waals surface area contributed by atoms with Crippen LogP contribution in [-0.4, -0.2) is 35.6 Å². The van der Waals surface area contributed by atoms with Gasteiger partial charge in [-0.05, 0) is 31.2 Å². The predicted molar refractivity (Wildman–Crippen MR) is 81.8 cm³/mol. The number of carbonyl (C=O) groups is 1. The fourth-order valence-corrected chi connectivity index (χ4v) is 2.81. The van der Waals surface area contributed by atoms with Gasteiger partial charge in [0.25, 0.3) is 5.91 Å². The molecule has 1 aliphatic rings. The Morgan fingerprint density at radius 1 is 1.55 bits per heavy atom. The number of amides is 1. The highest BCUT2D eigenvalue weighted by atomic mass is 32.1. The van der Waals surface area contributed by atoms with E-state index in [1.54, 1.807) is 0 Å². The Kier molecular flexibility index (Phi) is 5.63. The van der Waals surface area contributed by atoms with Crippen molar-refractivity contribution in [1.82, 2.24) is 4.90 Å². The zero-order valence-corrected chi connectivity index (χ0v) is 12.7. The van der Waals surface area contributed by atoms with Gasteiger partial charge in [-0.1, -0.05) is 18.8 Å². The van der Waals surface area contributed by atoms with Crippen LogP contribution in [0.5, 0.6) is 0 Å². The first-order valence-electron chi connectivity index (χ1n) is 7.22. The fraction of sp³-hybridized carbons (Fsp3) is 0.562. The third-order valence-corrected chi connectivity index (χ3v) is 4.10. The number of aliphatic hydroxyl groups is 1. The minimum Gasteiger partial charge on any atom is -0.395 e. The van der Waals surface area contributed by atoms with Crippen molar-refractivity contribution in [1.29, 1.82) is 0 Å². The van der Waals surface area contributed by atoms with E-state index in [0.29, 0.717) is 12.3 Å². The molecule has 0 atom stereocenters. The third kappa shape index (κ3) is 4.36. The topological polar surface area (TPSA) is 40.5 Å². The molecule has 20 heavy (non-hydrogen) atoms. The SMILES string of the molecule is CCCN(CC1CC1)C(=O)c1csc(C#CCCO)c1. The zero-order valence-electron chi connectivity index (χ0n) is 11.9. The molecule has 0 aliphatic heterocycles. The molecule has 4 heteroatoms. The summed E-state index contributed by atoms with van der Waals surface area (Å²) >= 11 is 1.50. The van der Waals surface area contributed by atoms with E-state index in [1.165, 1.54) is 24.2 Å². The van der Waals surface area contributed by atoms with Crippen LogP contribution in [0.15, 0.2) is 11.4 Å². The van der Waals surface area contributed by atoms with Crippen molar-refractivity contribution in [3.8, 4) is 11.8 Å². The maximum atomic E-state index is 12.5. The van der Waals surface area contributed by atoms with Crippen LogP contribution in [0.3, 0.4) is 0 Å². The summed E-state index contributed by atoms with van der Waals surface area (Å²) in [5, 5.41) is 10.6. The highest BCUT2D eigenvalue weighted by Gasteiger charge is 2.27. The molecular formula is C16H21NO2S. The van der Waals surface area contributed by atoms with Crippen LogP contribution in [0.1, 0.15) is 47.8 Å². The van der Waals surface area contributed by atoms with Crippen molar-refractivity contribution in [3.63, 3.8) is 0 Å². The minimum atomic E-state index is 0.0792. The molecule has 0 spiro atoms. The number of nitrogens with zero attached hydrogens (tertiary/aromatic N) is 1. The second-order valence-corrected chi connectivity index (χ2v) is 6.08. The number of rotatable bonds is 6. The third-order valence-electron chi connectivity index (χ3n) is 3.25. The van der Waals surface area contributed by atoms with Crippen LogP contribution >= 0.6 is 11.3 Å². The molecule has 0 radical (unpaired) electrons. The molecule has 1 amide bonds. The number of carbonyl (C=O) groups excluding carboxylic acids is 1. The summed E-state index contributed by atoms with van der Waals surface area (Å²) < 4.78 is 0. The van der Waals surface area contributed by atoms with Crippen molar-refractivity contribution < 1.29 is 9.90 Å². The van der Waals surface area contributed by atoms with Crippen LogP contribution in [0, 0.1) is 17.8 Å². The van der Waals surface area contributed by atoms with Gasteiger partial charge in [0.2, 0.25) is 0 Å². The van der Waals surface area contributed by atoms with E-state index >= 15 is 0 Å². The number of hydrogen-bond acceptors (Lipinski definition) is 3. The summed E-state index contributed by atoms with van der Waals surface area (Å²) in [6.45, 7) is 3.91. The first-order valence-corrected chi connectivity index (χ1v) is 8.10. The first kappa shape index (κ1) is 15.1. The van der Waals surface area contributed by atoms with Crippen LogP contribution in [0.25, 0.3) is 0 Å². The van der Waals surface area contributed by atoms with E-state index in [9.17, 15) is 4.79 Å². The van der Waals surface area contributed by atoms with Crippen molar-refractivity contribution in [2.75, 3.05) is 19.7 Å². The van der Waals surface area contributed by atoms with Gasteiger partial charge in [-0.15, -0.1) is 11.3 Å². The zero-order chi connectivity index (χ0) is 14.4. The predicted octanol–water partition coefficient (Wildman–Crippen LogP) is 2.74. The lowest BCUT2D eigenvalue weighted by Crippen LogP contribution is -2.33. The summed E-state index contributed by atoms with van der Waals surface area (Å²) in [5.74, 6) is 6.71. The highest BCUT2D eigenvalue weighted by molar-refractivity contribution is 7.10. The molecule has 0 saturated heterocycles. The quantitative estimate of drug-likeness (QED) is 0.819. The summed E-state index contributed by atoms with van der Waals surface area (Å²) in [6, 6.07) is 1.87. The number of thiophene rings is 1. The van der Waals surface area contributed by atoms with Crippen molar-refractivity contribution in [2.45, 2.75) is 32.6 Å². The van der Waals surface area contributed by atoms with Gasteiger partial charge in [-0.25, -0.2) is 0 Å². The van der Waals surface area contributed by atoms with E-state index in [-0.39, 0.29) is 12.5 Å². The van der Waals surface area contributed by atoms with Gasteiger partial charge in [-0.2, -0.15) is 0 Å². The normalized spacial score (nSPS) is 13.7. The van der Waals surface area contributed by atoms with Gasteiger partial charge in [0.1, 0.15) is 0 Å². The molecule has 1 heterocycles. The molecule has 0 bridgehead atoms. The van der Waals surface area contributed by atoms with E-state index in [0.717, 1.165) is 30.0 Å². The number of hydrogen-bond donors (Lipinski definition) is 1. The average Bonchev–Trinajstić information content (AvgIpc) is 3.14. The fourth-order valence-electron chi connectivity index (χ4n) is 2.06. The van der Waals surface area contributed by atoms with E-state index in [4.69, 9.17) is 5.11 Å². The first-order chi connectivity index (χ1) is 9.74. The molecule has 1 fully saturated rings. The largest absolute Gasteiger partial charge is 0.395 e. The molecule has 1 saturated carbocycles.